The van der Waals surface area contributed by atoms with E-state index in [2.05, 4.69) is 15.1 Å². The second-order valence-electron chi connectivity index (χ2n) is 7.60. The molecule has 29 heavy (non-hydrogen) atoms. The zero-order valence-electron chi connectivity index (χ0n) is 16.9. The Balaban J connectivity index is 1.40. The van der Waals surface area contributed by atoms with Crippen molar-refractivity contribution in [2.45, 2.75) is 49.8 Å². The van der Waals surface area contributed by atoms with E-state index < -0.39 is 0 Å². The first kappa shape index (κ1) is 20.1. The smallest absolute Gasteiger partial charge is 0.277 e. The summed E-state index contributed by atoms with van der Waals surface area (Å²) in [5, 5.41) is 8.61. The van der Waals surface area contributed by atoms with Crippen molar-refractivity contribution in [3.8, 4) is 23.0 Å². The lowest BCUT2D eigenvalue weighted by molar-refractivity contribution is -0.134. The molecule has 1 saturated carbocycles. The summed E-state index contributed by atoms with van der Waals surface area (Å²) >= 11 is 1.30. The molecule has 1 amide bonds. The van der Waals surface area contributed by atoms with Crippen LogP contribution in [0.1, 0.15) is 38.5 Å². The number of nitrogens with zero attached hydrogens (tertiary/aromatic N) is 3. The fraction of sp³-hybridized carbons (Fsp3) is 0.571. The highest BCUT2D eigenvalue weighted by molar-refractivity contribution is 7.99. The molecule has 0 unspecified atom stereocenters. The van der Waals surface area contributed by atoms with Crippen LogP contribution in [-0.2, 0) is 4.79 Å². The lowest BCUT2D eigenvalue weighted by Gasteiger charge is -2.44. The molecule has 0 bridgehead atoms. The third-order valence-corrected chi connectivity index (χ3v) is 6.69. The van der Waals surface area contributed by atoms with Gasteiger partial charge in [0, 0.05) is 24.2 Å². The number of aromatic nitrogens is 2. The molecule has 7 nitrogen and oxygen atoms in total. The summed E-state index contributed by atoms with van der Waals surface area (Å²) in [6.07, 6.45) is 7.31. The van der Waals surface area contributed by atoms with E-state index in [9.17, 15) is 4.79 Å². The van der Waals surface area contributed by atoms with Gasteiger partial charge in [-0.3, -0.25) is 4.79 Å². The topological polar surface area (TPSA) is 77.7 Å². The van der Waals surface area contributed by atoms with Gasteiger partial charge in [0.1, 0.15) is 11.5 Å². The molecule has 1 saturated heterocycles. The lowest BCUT2D eigenvalue weighted by Crippen LogP contribution is -2.50. The number of piperidine rings is 1. The molecule has 0 N–H and O–H groups in total. The van der Waals surface area contributed by atoms with Crippen LogP contribution < -0.4 is 9.47 Å². The average molecular weight is 418 g/mol. The van der Waals surface area contributed by atoms with Gasteiger partial charge in [-0.2, -0.15) is 0 Å². The Morgan fingerprint density at radius 1 is 1.10 bits per heavy atom. The molecule has 4 rings (SSSR count). The Hall–Kier alpha value is -2.22. The Labute approximate surface area is 175 Å². The zero-order chi connectivity index (χ0) is 20.2. The monoisotopic (exact) mass is 417 g/mol. The third kappa shape index (κ3) is 4.52. The maximum Gasteiger partial charge on any atom is 0.277 e. The number of carbonyl (C=O) groups is 1. The van der Waals surface area contributed by atoms with Crippen LogP contribution in [0.3, 0.4) is 0 Å². The number of ether oxygens (including phenoxy) is 2. The fourth-order valence-corrected chi connectivity index (χ4v) is 5.11. The second-order valence-corrected chi connectivity index (χ2v) is 8.53. The predicted octanol–water partition coefficient (Wildman–Crippen LogP) is 4.03. The van der Waals surface area contributed by atoms with Gasteiger partial charge in [0.05, 0.1) is 20.0 Å². The summed E-state index contributed by atoms with van der Waals surface area (Å²) in [7, 11) is 3.19. The average Bonchev–Trinajstić information content (AvgIpc) is 3.25. The number of carbonyl (C=O) groups excluding carboxylic acids is 1. The summed E-state index contributed by atoms with van der Waals surface area (Å²) in [6, 6.07) is 5.83. The molecular weight excluding hydrogens is 390 g/mol. The first-order valence-electron chi connectivity index (χ1n) is 10.2. The molecule has 156 valence electrons. The van der Waals surface area contributed by atoms with Gasteiger partial charge in [-0.05, 0) is 43.7 Å². The van der Waals surface area contributed by atoms with Crippen LogP contribution in [-0.4, -0.2) is 53.6 Å². The molecule has 2 aliphatic rings. The minimum absolute atomic E-state index is 0.175. The fourth-order valence-electron chi connectivity index (χ4n) is 4.46. The van der Waals surface area contributed by atoms with E-state index in [0.717, 1.165) is 19.4 Å². The number of likely N-dealkylation sites (tertiary alicyclic amines) is 1. The van der Waals surface area contributed by atoms with Crippen molar-refractivity contribution in [2.24, 2.45) is 5.92 Å². The molecule has 2 atom stereocenters. The molecule has 1 aliphatic carbocycles. The van der Waals surface area contributed by atoms with Gasteiger partial charge < -0.3 is 18.8 Å². The van der Waals surface area contributed by atoms with Gasteiger partial charge in [0.15, 0.2) is 0 Å². The number of methoxy groups -OCH3 is 2. The normalized spacial score (nSPS) is 21.5. The number of hydrogen-bond acceptors (Lipinski definition) is 7. The van der Waals surface area contributed by atoms with Gasteiger partial charge >= 0.3 is 0 Å². The van der Waals surface area contributed by atoms with Gasteiger partial charge in [-0.1, -0.05) is 24.6 Å². The highest BCUT2D eigenvalue weighted by atomic mass is 32.2. The van der Waals surface area contributed by atoms with E-state index >= 15 is 0 Å². The predicted molar refractivity (Wildman–Crippen MR) is 110 cm³/mol. The van der Waals surface area contributed by atoms with Crippen LogP contribution in [0, 0.1) is 5.92 Å². The van der Waals surface area contributed by atoms with Crippen LogP contribution in [0.4, 0.5) is 0 Å². The van der Waals surface area contributed by atoms with E-state index in [1.807, 2.05) is 12.1 Å². The number of benzene rings is 1. The van der Waals surface area contributed by atoms with E-state index in [4.69, 9.17) is 13.9 Å². The minimum atomic E-state index is 0.175. The van der Waals surface area contributed by atoms with Crippen molar-refractivity contribution < 1.29 is 18.7 Å². The van der Waals surface area contributed by atoms with E-state index in [1.165, 1.54) is 37.4 Å². The molecule has 1 aromatic heterocycles. The third-order valence-electron chi connectivity index (χ3n) is 5.89. The van der Waals surface area contributed by atoms with E-state index in [1.54, 1.807) is 20.3 Å². The first-order chi connectivity index (χ1) is 14.2. The number of rotatable bonds is 6. The van der Waals surface area contributed by atoms with Crippen molar-refractivity contribution in [1.82, 2.24) is 15.1 Å². The molecule has 2 aromatic rings. The van der Waals surface area contributed by atoms with Gasteiger partial charge in [-0.25, -0.2) is 0 Å². The molecular formula is C21H27N3O4S. The molecule has 0 spiro atoms. The largest absolute Gasteiger partial charge is 0.497 e. The highest BCUT2D eigenvalue weighted by Crippen LogP contribution is 2.36. The number of amides is 1. The summed E-state index contributed by atoms with van der Waals surface area (Å²) < 4.78 is 16.4. The first-order valence-corrected chi connectivity index (χ1v) is 11.2. The quantitative estimate of drug-likeness (QED) is 0.657. The van der Waals surface area contributed by atoms with Crippen molar-refractivity contribution in [3.05, 3.63) is 18.2 Å². The van der Waals surface area contributed by atoms with Crippen molar-refractivity contribution >= 4 is 17.7 Å². The summed E-state index contributed by atoms with van der Waals surface area (Å²) in [4.78, 5) is 15.0. The minimum Gasteiger partial charge on any atom is -0.497 e. The SMILES string of the molecule is COc1cc(OC)cc(-c2nnc(SCC(=O)N3CCC[C@@H]4CCCC[C@@H]43)o2)c1. The summed E-state index contributed by atoms with van der Waals surface area (Å²) in [5.41, 5.74) is 0.716. The zero-order valence-corrected chi connectivity index (χ0v) is 17.7. The molecule has 2 heterocycles. The van der Waals surface area contributed by atoms with Crippen molar-refractivity contribution in [3.63, 3.8) is 0 Å². The van der Waals surface area contributed by atoms with Crippen LogP contribution in [0.25, 0.3) is 11.5 Å². The Bertz CT molecular complexity index is 832. The van der Waals surface area contributed by atoms with Crippen LogP contribution in [0.15, 0.2) is 27.8 Å². The maximum atomic E-state index is 12.9. The molecule has 1 aliphatic heterocycles. The molecule has 1 aromatic carbocycles. The highest BCUT2D eigenvalue weighted by Gasteiger charge is 2.35. The molecule has 2 fully saturated rings. The van der Waals surface area contributed by atoms with Crippen LogP contribution in [0.2, 0.25) is 0 Å². The Kier molecular flexibility index (Phi) is 6.28. The van der Waals surface area contributed by atoms with E-state index in [-0.39, 0.29) is 5.91 Å². The number of fused-ring (bicyclic) bond motifs is 1. The Morgan fingerprint density at radius 3 is 2.59 bits per heavy atom. The lowest BCUT2D eigenvalue weighted by atomic mass is 9.78. The van der Waals surface area contributed by atoms with Crippen molar-refractivity contribution in [2.75, 3.05) is 26.5 Å². The second kappa shape index (κ2) is 9.07. The maximum absolute atomic E-state index is 12.9. The standard InChI is InChI=1S/C21H27N3O4S/c1-26-16-10-15(11-17(12-16)27-2)20-22-23-21(28-20)29-13-19(25)24-9-5-7-14-6-3-4-8-18(14)24/h10-12,14,18H,3-9,13H2,1-2H3/t14-,18-/m0/s1. The van der Waals surface area contributed by atoms with Gasteiger partial charge in [0.25, 0.3) is 5.22 Å². The Morgan fingerprint density at radius 2 is 1.83 bits per heavy atom. The van der Waals surface area contributed by atoms with E-state index in [0.29, 0.717) is 45.9 Å². The number of hydrogen-bond donors (Lipinski definition) is 0. The van der Waals surface area contributed by atoms with Gasteiger partial charge in [0.2, 0.25) is 11.8 Å². The molecule has 0 radical (unpaired) electrons. The van der Waals surface area contributed by atoms with Crippen LogP contribution >= 0.6 is 11.8 Å². The number of thioether (sulfide) groups is 1. The van der Waals surface area contributed by atoms with Crippen LogP contribution in [0.5, 0.6) is 11.5 Å². The van der Waals surface area contributed by atoms with Gasteiger partial charge in [-0.15, -0.1) is 10.2 Å². The summed E-state index contributed by atoms with van der Waals surface area (Å²) in [6.45, 7) is 0.874. The van der Waals surface area contributed by atoms with Crippen molar-refractivity contribution in [1.29, 1.82) is 0 Å². The molecule has 8 heteroatoms. The summed E-state index contributed by atoms with van der Waals surface area (Å²) in [5.74, 6) is 2.86.